The molecule has 0 fully saturated rings. The van der Waals surface area contributed by atoms with Crippen molar-refractivity contribution < 1.29 is 5.11 Å². The van der Waals surface area contributed by atoms with Crippen LogP contribution in [-0.4, -0.2) is 16.7 Å². The van der Waals surface area contributed by atoms with E-state index in [9.17, 15) is 0 Å². The second-order valence-electron chi connectivity index (χ2n) is 2.50. The summed E-state index contributed by atoms with van der Waals surface area (Å²) >= 11 is 0. The van der Waals surface area contributed by atoms with Gasteiger partial charge in [0, 0.05) is 12.6 Å². The lowest BCUT2D eigenvalue weighted by molar-refractivity contribution is 0.305. The van der Waals surface area contributed by atoms with Crippen LogP contribution in [0.1, 0.15) is 17.7 Å². The molecule has 0 spiro atoms. The van der Waals surface area contributed by atoms with E-state index in [1.165, 1.54) is 0 Å². The third-order valence-electron chi connectivity index (χ3n) is 1.36. The Balaban J connectivity index is 2.66. The molecule has 0 unspecified atom stereocenters. The molecule has 1 aromatic heterocycles. The van der Waals surface area contributed by atoms with Crippen LogP contribution < -0.4 is 0 Å². The second-order valence-corrected chi connectivity index (χ2v) is 2.50. The number of hydrogen-bond donors (Lipinski definition) is 1. The minimum absolute atomic E-state index is 0.110. The van der Waals surface area contributed by atoms with E-state index in [-0.39, 0.29) is 6.61 Å². The van der Waals surface area contributed by atoms with Crippen LogP contribution in [0.3, 0.4) is 0 Å². The van der Waals surface area contributed by atoms with Gasteiger partial charge in [0.15, 0.2) is 0 Å². The number of aliphatic hydroxyl groups excluding tert-OH is 1. The van der Waals surface area contributed by atoms with Gasteiger partial charge in [-0.25, -0.2) is 4.98 Å². The quantitative estimate of drug-likeness (QED) is 0.626. The van der Waals surface area contributed by atoms with Crippen molar-refractivity contribution >= 4 is 0 Å². The summed E-state index contributed by atoms with van der Waals surface area (Å²) in [5, 5.41) is 8.47. The molecule has 0 atom stereocenters. The fourth-order valence-corrected chi connectivity index (χ4v) is 0.751. The van der Waals surface area contributed by atoms with Gasteiger partial charge < -0.3 is 5.11 Å². The Morgan fingerprint density at radius 3 is 2.92 bits per heavy atom. The number of aliphatic hydroxyl groups is 1. The minimum Gasteiger partial charge on any atom is -0.395 e. The monoisotopic (exact) mass is 161 g/mol. The molecule has 62 valence electrons. The van der Waals surface area contributed by atoms with E-state index in [4.69, 9.17) is 5.11 Å². The molecule has 0 saturated heterocycles. The fraction of sp³-hybridized carbons (Fsp3) is 0.300. The Morgan fingerprint density at radius 2 is 2.33 bits per heavy atom. The predicted molar refractivity (Wildman–Crippen MR) is 47.6 cm³/mol. The first-order valence-corrected chi connectivity index (χ1v) is 3.85. The maximum atomic E-state index is 8.47. The predicted octanol–water partition coefficient (Wildman–Crippen LogP) is 1.12. The van der Waals surface area contributed by atoms with Crippen molar-refractivity contribution in [2.45, 2.75) is 13.3 Å². The Morgan fingerprint density at radius 1 is 1.50 bits per heavy atom. The molecule has 1 heterocycles. The topological polar surface area (TPSA) is 33.1 Å². The van der Waals surface area contributed by atoms with E-state index in [2.05, 4.69) is 16.8 Å². The summed E-state index contributed by atoms with van der Waals surface area (Å²) in [6.07, 6.45) is 2.29. The van der Waals surface area contributed by atoms with Crippen molar-refractivity contribution in [2.75, 3.05) is 6.61 Å². The summed E-state index contributed by atoms with van der Waals surface area (Å²) < 4.78 is 0. The van der Waals surface area contributed by atoms with Crippen LogP contribution in [0.4, 0.5) is 0 Å². The maximum Gasteiger partial charge on any atom is 0.113 e. The van der Waals surface area contributed by atoms with Crippen molar-refractivity contribution in [2.24, 2.45) is 0 Å². The Hall–Kier alpha value is -1.33. The molecule has 0 aromatic carbocycles. The van der Waals surface area contributed by atoms with Gasteiger partial charge in [0.1, 0.15) is 5.69 Å². The first-order valence-electron chi connectivity index (χ1n) is 3.85. The molecule has 1 rings (SSSR count). The van der Waals surface area contributed by atoms with Gasteiger partial charge >= 0.3 is 0 Å². The van der Waals surface area contributed by atoms with E-state index in [0.29, 0.717) is 6.42 Å². The highest BCUT2D eigenvalue weighted by Gasteiger charge is 1.86. The smallest absolute Gasteiger partial charge is 0.113 e. The van der Waals surface area contributed by atoms with E-state index >= 15 is 0 Å². The molecule has 1 N–H and O–H groups in total. The Labute approximate surface area is 72.3 Å². The van der Waals surface area contributed by atoms with E-state index in [1.54, 1.807) is 6.20 Å². The minimum atomic E-state index is 0.110. The first-order chi connectivity index (χ1) is 5.83. The zero-order valence-corrected chi connectivity index (χ0v) is 7.04. The number of hydrogen-bond acceptors (Lipinski definition) is 2. The largest absolute Gasteiger partial charge is 0.395 e. The van der Waals surface area contributed by atoms with Crippen LogP contribution in [0.25, 0.3) is 0 Å². The Bertz CT molecular complexity index is 292. The highest BCUT2D eigenvalue weighted by Crippen LogP contribution is 1.96. The van der Waals surface area contributed by atoms with Crippen LogP contribution in [0.5, 0.6) is 0 Å². The van der Waals surface area contributed by atoms with E-state index < -0.39 is 0 Å². The third-order valence-corrected chi connectivity index (χ3v) is 1.36. The molecule has 0 radical (unpaired) electrons. The molecule has 0 aliphatic carbocycles. The van der Waals surface area contributed by atoms with Crippen molar-refractivity contribution in [1.82, 2.24) is 4.98 Å². The highest BCUT2D eigenvalue weighted by atomic mass is 16.2. The molecule has 0 bridgehead atoms. The third kappa shape index (κ3) is 2.73. The van der Waals surface area contributed by atoms with Crippen LogP contribution in [-0.2, 0) is 0 Å². The van der Waals surface area contributed by atoms with Crippen LogP contribution in [0, 0.1) is 18.8 Å². The van der Waals surface area contributed by atoms with Gasteiger partial charge in [0.05, 0.1) is 6.61 Å². The first kappa shape index (κ1) is 8.76. The zero-order chi connectivity index (χ0) is 8.81. The van der Waals surface area contributed by atoms with Crippen LogP contribution in [0.2, 0.25) is 0 Å². The molecule has 12 heavy (non-hydrogen) atoms. The highest BCUT2D eigenvalue weighted by molar-refractivity contribution is 5.28. The summed E-state index contributed by atoms with van der Waals surface area (Å²) in [7, 11) is 0. The van der Waals surface area contributed by atoms with E-state index in [1.807, 2.05) is 19.1 Å². The number of nitrogens with zero attached hydrogens (tertiary/aromatic N) is 1. The number of aromatic nitrogens is 1. The van der Waals surface area contributed by atoms with Crippen molar-refractivity contribution in [3.05, 3.63) is 29.6 Å². The second kappa shape index (κ2) is 4.53. The lowest BCUT2D eigenvalue weighted by Crippen LogP contribution is -1.83. The summed E-state index contributed by atoms with van der Waals surface area (Å²) in [4.78, 5) is 4.09. The normalized spacial score (nSPS) is 8.83. The standard InChI is InChI=1S/C10H11NO/c1-9-5-6-10(11-8-9)4-2-3-7-12/h5-6,8,12H,3,7H2,1H3. The molecular formula is C10H11NO. The molecule has 0 saturated carbocycles. The molecular weight excluding hydrogens is 150 g/mol. The van der Waals surface area contributed by atoms with E-state index in [0.717, 1.165) is 11.3 Å². The van der Waals surface area contributed by atoms with Gasteiger partial charge in [0.25, 0.3) is 0 Å². The summed E-state index contributed by atoms with van der Waals surface area (Å²) in [5.41, 5.74) is 1.89. The van der Waals surface area contributed by atoms with Crippen molar-refractivity contribution in [3.8, 4) is 11.8 Å². The van der Waals surface area contributed by atoms with Crippen molar-refractivity contribution in [3.63, 3.8) is 0 Å². The lowest BCUT2D eigenvalue weighted by atomic mass is 10.3. The molecule has 1 aromatic rings. The molecule has 0 amide bonds. The number of pyridine rings is 1. The van der Waals surface area contributed by atoms with Gasteiger partial charge in [0.2, 0.25) is 0 Å². The summed E-state index contributed by atoms with van der Waals surface area (Å²) in [6, 6.07) is 3.84. The number of aryl methyl sites for hydroxylation is 1. The fourth-order valence-electron chi connectivity index (χ4n) is 0.751. The van der Waals surface area contributed by atoms with Gasteiger partial charge in [-0.15, -0.1) is 0 Å². The van der Waals surface area contributed by atoms with Gasteiger partial charge in [-0.1, -0.05) is 12.0 Å². The maximum absolute atomic E-state index is 8.47. The average molecular weight is 161 g/mol. The average Bonchev–Trinajstić information content (AvgIpc) is 2.09. The summed E-state index contributed by atoms with van der Waals surface area (Å²) in [5.74, 6) is 5.66. The SMILES string of the molecule is Cc1ccc(C#CCCO)nc1. The molecule has 0 aliphatic rings. The molecule has 2 heteroatoms. The van der Waals surface area contributed by atoms with Gasteiger partial charge in [-0.05, 0) is 24.5 Å². The van der Waals surface area contributed by atoms with Crippen molar-refractivity contribution in [1.29, 1.82) is 0 Å². The van der Waals surface area contributed by atoms with Crippen LogP contribution in [0.15, 0.2) is 18.3 Å². The van der Waals surface area contributed by atoms with Crippen LogP contribution >= 0.6 is 0 Å². The van der Waals surface area contributed by atoms with Gasteiger partial charge in [-0.2, -0.15) is 0 Å². The summed E-state index contributed by atoms with van der Waals surface area (Å²) in [6.45, 7) is 2.09. The Kier molecular flexibility index (Phi) is 3.31. The molecule has 0 aliphatic heterocycles. The van der Waals surface area contributed by atoms with Gasteiger partial charge in [-0.3, -0.25) is 0 Å². The lowest BCUT2D eigenvalue weighted by Gasteiger charge is -1.90. The molecule has 2 nitrogen and oxygen atoms in total. The zero-order valence-electron chi connectivity index (χ0n) is 7.04. The number of rotatable bonds is 1.